The Balaban J connectivity index is 1.93. The Morgan fingerprint density at radius 1 is 0.958 bits per heavy atom. The van der Waals surface area contributed by atoms with Crippen molar-refractivity contribution < 1.29 is 8.42 Å². The molecule has 0 fully saturated rings. The fraction of sp³-hybridized carbons (Fsp3) is 0.176. The molecule has 0 aliphatic rings. The Bertz CT molecular complexity index is 943. The van der Waals surface area contributed by atoms with Gasteiger partial charge in [0.2, 0.25) is 9.84 Å². The van der Waals surface area contributed by atoms with Gasteiger partial charge in [0.1, 0.15) is 6.33 Å². The highest BCUT2D eigenvalue weighted by atomic mass is 32.2. The molecule has 0 aliphatic heterocycles. The zero-order valence-electron chi connectivity index (χ0n) is 13.7. The van der Waals surface area contributed by atoms with E-state index in [1.54, 1.807) is 24.3 Å². The summed E-state index contributed by atoms with van der Waals surface area (Å²) < 4.78 is 26.6. The molecular weight excluding hydrogens is 324 g/mol. The van der Waals surface area contributed by atoms with Crippen LogP contribution in [0.3, 0.4) is 0 Å². The second-order valence-electron chi connectivity index (χ2n) is 5.70. The van der Waals surface area contributed by atoms with Crippen molar-refractivity contribution in [2.24, 2.45) is 0 Å². The van der Waals surface area contributed by atoms with E-state index in [0.29, 0.717) is 0 Å². The van der Waals surface area contributed by atoms with Gasteiger partial charge in [-0.2, -0.15) is 0 Å². The molecular formula is C17H18N4O2S. The summed E-state index contributed by atoms with van der Waals surface area (Å²) in [5.41, 5.74) is 2.79. The quantitative estimate of drug-likeness (QED) is 0.728. The van der Waals surface area contributed by atoms with E-state index in [1.807, 2.05) is 50.2 Å². The van der Waals surface area contributed by atoms with Gasteiger partial charge in [-0.1, -0.05) is 17.7 Å². The van der Waals surface area contributed by atoms with E-state index in [0.717, 1.165) is 16.9 Å². The first-order valence-electron chi connectivity index (χ1n) is 7.39. The molecule has 7 heteroatoms. The van der Waals surface area contributed by atoms with Crippen LogP contribution in [-0.2, 0) is 9.84 Å². The molecule has 0 N–H and O–H groups in total. The van der Waals surface area contributed by atoms with Crippen LogP contribution in [0.4, 0.5) is 5.69 Å². The number of benzene rings is 2. The maximum Gasteiger partial charge on any atom is 0.272 e. The van der Waals surface area contributed by atoms with Crippen LogP contribution in [0.5, 0.6) is 0 Å². The third-order valence-electron chi connectivity index (χ3n) is 3.67. The first-order valence-corrected chi connectivity index (χ1v) is 8.87. The highest BCUT2D eigenvalue weighted by Gasteiger charge is 2.22. The lowest BCUT2D eigenvalue weighted by atomic mass is 10.2. The lowest BCUT2D eigenvalue weighted by molar-refractivity contribution is 0.586. The zero-order chi connectivity index (χ0) is 17.3. The van der Waals surface area contributed by atoms with Gasteiger partial charge in [-0.25, -0.2) is 18.1 Å². The van der Waals surface area contributed by atoms with Crippen molar-refractivity contribution >= 4 is 15.5 Å². The number of hydrogen-bond acceptors (Lipinski definition) is 5. The summed E-state index contributed by atoms with van der Waals surface area (Å²) in [5.74, 6) is 0. The monoisotopic (exact) mass is 342 g/mol. The summed E-state index contributed by atoms with van der Waals surface area (Å²) in [4.78, 5) is 6.15. The summed E-state index contributed by atoms with van der Waals surface area (Å²) in [6.45, 7) is 1.90. The van der Waals surface area contributed by atoms with E-state index in [1.165, 1.54) is 11.0 Å². The van der Waals surface area contributed by atoms with E-state index < -0.39 is 9.84 Å². The second-order valence-corrected chi connectivity index (χ2v) is 7.54. The summed E-state index contributed by atoms with van der Waals surface area (Å²) >= 11 is 0. The molecule has 1 heterocycles. The Morgan fingerprint density at radius 2 is 1.58 bits per heavy atom. The molecule has 0 spiro atoms. The van der Waals surface area contributed by atoms with Crippen molar-refractivity contribution in [1.29, 1.82) is 0 Å². The highest BCUT2D eigenvalue weighted by Crippen LogP contribution is 2.19. The van der Waals surface area contributed by atoms with Crippen LogP contribution < -0.4 is 4.90 Å². The molecule has 0 amide bonds. The number of aryl methyl sites for hydroxylation is 1. The predicted octanol–water partition coefficient (Wildman–Crippen LogP) is 2.47. The third kappa shape index (κ3) is 3.03. The lowest BCUT2D eigenvalue weighted by Crippen LogP contribution is -2.08. The number of hydrogen-bond donors (Lipinski definition) is 0. The Morgan fingerprint density at radius 3 is 2.17 bits per heavy atom. The Labute approximate surface area is 141 Å². The molecule has 3 aromatic rings. The smallest absolute Gasteiger partial charge is 0.272 e. The molecule has 0 unspecified atom stereocenters. The van der Waals surface area contributed by atoms with Crippen LogP contribution in [0.25, 0.3) is 5.69 Å². The van der Waals surface area contributed by atoms with Crippen LogP contribution in [0.2, 0.25) is 0 Å². The van der Waals surface area contributed by atoms with Gasteiger partial charge in [0.15, 0.2) is 0 Å². The van der Waals surface area contributed by atoms with Gasteiger partial charge in [-0.05, 0) is 43.3 Å². The zero-order valence-corrected chi connectivity index (χ0v) is 14.5. The minimum absolute atomic E-state index is 0.189. The normalized spacial score (nSPS) is 11.5. The average molecular weight is 342 g/mol. The number of rotatable bonds is 4. The molecule has 3 rings (SSSR count). The van der Waals surface area contributed by atoms with Gasteiger partial charge in [0.25, 0.3) is 5.16 Å². The van der Waals surface area contributed by atoms with Crippen molar-refractivity contribution in [3.05, 3.63) is 60.4 Å². The molecule has 0 aliphatic carbocycles. The average Bonchev–Trinajstić information content (AvgIpc) is 3.06. The SMILES string of the molecule is Cc1ccc(S(=O)(=O)c2ncn(-c3ccc(N(C)C)cc3)n2)cc1. The topological polar surface area (TPSA) is 68.1 Å². The predicted molar refractivity (Wildman–Crippen MR) is 92.3 cm³/mol. The minimum atomic E-state index is -3.72. The maximum atomic E-state index is 12.6. The van der Waals surface area contributed by atoms with Crippen molar-refractivity contribution in [3.8, 4) is 5.69 Å². The van der Waals surface area contributed by atoms with Gasteiger partial charge in [-0.3, -0.25) is 0 Å². The van der Waals surface area contributed by atoms with Gasteiger partial charge >= 0.3 is 0 Å². The van der Waals surface area contributed by atoms with Crippen molar-refractivity contribution in [2.45, 2.75) is 17.0 Å². The van der Waals surface area contributed by atoms with Crippen LogP contribution >= 0.6 is 0 Å². The molecule has 1 aromatic heterocycles. The molecule has 0 radical (unpaired) electrons. The van der Waals surface area contributed by atoms with Gasteiger partial charge in [0.05, 0.1) is 10.6 Å². The van der Waals surface area contributed by atoms with Crippen molar-refractivity contribution in [2.75, 3.05) is 19.0 Å². The molecule has 0 atom stereocenters. The summed E-state index contributed by atoms with van der Waals surface area (Å²) in [7, 11) is 0.194. The molecule has 124 valence electrons. The Hall–Kier alpha value is -2.67. The summed E-state index contributed by atoms with van der Waals surface area (Å²) in [5, 5.41) is 3.92. The van der Waals surface area contributed by atoms with Crippen molar-refractivity contribution in [1.82, 2.24) is 14.8 Å². The molecule has 0 saturated carbocycles. The number of sulfone groups is 1. The van der Waals surface area contributed by atoms with Crippen LogP contribution in [-0.4, -0.2) is 37.3 Å². The largest absolute Gasteiger partial charge is 0.378 e. The van der Waals surface area contributed by atoms with E-state index in [2.05, 4.69) is 10.1 Å². The molecule has 6 nitrogen and oxygen atoms in total. The molecule has 24 heavy (non-hydrogen) atoms. The first kappa shape index (κ1) is 16.2. The molecule has 2 aromatic carbocycles. The van der Waals surface area contributed by atoms with Gasteiger partial charge in [-0.15, -0.1) is 5.10 Å². The fourth-order valence-corrected chi connectivity index (χ4v) is 3.31. The third-order valence-corrected chi connectivity index (χ3v) is 5.23. The standard InChI is InChI=1S/C17H18N4O2S/c1-13-4-10-16(11-5-13)24(22,23)17-18-12-21(19-17)15-8-6-14(7-9-15)20(2)3/h4-12H,1-3H3. The lowest BCUT2D eigenvalue weighted by Gasteiger charge is -2.12. The number of anilines is 1. The fourth-order valence-electron chi connectivity index (χ4n) is 2.22. The number of aromatic nitrogens is 3. The second kappa shape index (κ2) is 6.09. The summed E-state index contributed by atoms with van der Waals surface area (Å²) in [6.07, 6.45) is 1.41. The Kier molecular flexibility index (Phi) is 4.11. The highest BCUT2D eigenvalue weighted by molar-refractivity contribution is 7.91. The van der Waals surface area contributed by atoms with E-state index in [4.69, 9.17) is 0 Å². The van der Waals surface area contributed by atoms with E-state index in [-0.39, 0.29) is 10.1 Å². The van der Waals surface area contributed by atoms with Gasteiger partial charge in [0, 0.05) is 19.8 Å². The van der Waals surface area contributed by atoms with E-state index >= 15 is 0 Å². The van der Waals surface area contributed by atoms with Gasteiger partial charge < -0.3 is 4.90 Å². The number of nitrogens with zero attached hydrogens (tertiary/aromatic N) is 4. The molecule has 0 saturated heterocycles. The van der Waals surface area contributed by atoms with Crippen LogP contribution in [0.15, 0.2) is 64.9 Å². The summed E-state index contributed by atoms with van der Waals surface area (Å²) in [6, 6.07) is 14.2. The minimum Gasteiger partial charge on any atom is -0.378 e. The molecule has 0 bridgehead atoms. The van der Waals surface area contributed by atoms with Crippen LogP contribution in [0, 0.1) is 6.92 Å². The van der Waals surface area contributed by atoms with Crippen LogP contribution in [0.1, 0.15) is 5.56 Å². The maximum absolute atomic E-state index is 12.6. The van der Waals surface area contributed by atoms with E-state index in [9.17, 15) is 8.42 Å². The van der Waals surface area contributed by atoms with Crippen molar-refractivity contribution in [3.63, 3.8) is 0 Å². The first-order chi connectivity index (χ1) is 11.4.